The number of hydrogen-bond donors (Lipinski definition) is 0. The number of piperidine rings is 1. The molecule has 0 radical (unpaired) electrons. The number of nitrogens with zero attached hydrogens (tertiary/aromatic N) is 1. The molecule has 1 saturated carbocycles. The van der Waals surface area contributed by atoms with E-state index in [0.717, 1.165) is 38.8 Å². The Morgan fingerprint density at radius 3 is 2.29 bits per heavy atom. The van der Waals surface area contributed by atoms with Crippen LogP contribution in [-0.4, -0.2) is 48.2 Å². The van der Waals surface area contributed by atoms with Crippen molar-refractivity contribution in [3.8, 4) is 0 Å². The molecule has 2 rings (SSSR count). The van der Waals surface area contributed by atoms with Crippen molar-refractivity contribution in [2.45, 2.75) is 70.4 Å². The average molecular weight is 297 g/mol. The monoisotopic (exact) mass is 297 g/mol. The molecule has 2 fully saturated rings. The molecule has 21 heavy (non-hydrogen) atoms. The van der Waals surface area contributed by atoms with Gasteiger partial charge in [-0.05, 0) is 65.5 Å². The van der Waals surface area contributed by atoms with Crippen molar-refractivity contribution in [3.63, 3.8) is 0 Å². The van der Waals surface area contributed by atoms with E-state index in [1.165, 1.54) is 6.42 Å². The summed E-state index contributed by atoms with van der Waals surface area (Å²) in [6.07, 6.45) is 6.47. The highest BCUT2D eigenvalue weighted by molar-refractivity contribution is 5.85. The van der Waals surface area contributed by atoms with Gasteiger partial charge in [0, 0.05) is 0 Å². The lowest BCUT2D eigenvalue weighted by Crippen LogP contribution is -2.49. The van der Waals surface area contributed by atoms with Crippen LogP contribution in [0.25, 0.3) is 0 Å². The van der Waals surface area contributed by atoms with Gasteiger partial charge in [-0.3, -0.25) is 9.69 Å². The minimum atomic E-state index is -1.03. The second kappa shape index (κ2) is 7.25. The summed E-state index contributed by atoms with van der Waals surface area (Å²) in [5.41, 5.74) is -1.03. The highest BCUT2D eigenvalue weighted by Crippen LogP contribution is 2.35. The van der Waals surface area contributed by atoms with Gasteiger partial charge in [0.25, 0.3) is 0 Å². The summed E-state index contributed by atoms with van der Waals surface area (Å²) in [5, 5.41) is 0. The number of ether oxygens (including phenoxy) is 2. The van der Waals surface area contributed by atoms with E-state index >= 15 is 0 Å². The van der Waals surface area contributed by atoms with E-state index in [1.54, 1.807) is 6.92 Å². The maximum Gasteiger partial charge on any atom is 0.350 e. The summed E-state index contributed by atoms with van der Waals surface area (Å²) < 4.78 is 10.8. The molecule has 1 aliphatic heterocycles. The van der Waals surface area contributed by atoms with Crippen LogP contribution in [0.5, 0.6) is 0 Å². The van der Waals surface area contributed by atoms with Gasteiger partial charge in [-0.2, -0.15) is 0 Å². The molecule has 0 aromatic rings. The molecule has 1 unspecified atom stereocenters. The number of carbonyl (C=O) groups excluding carboxylic acids is 2. The Labute approximate surface area is 127 Å². The Hall–Kier alpha value is -1.10. The first-order valence-corrected chi connectivity index (χ1v) is 8.23. The highest BCUT2D eigenvalue weighted by Gasteiger charge is 2.47. The molecule has 5 nitrogen and oxygen atoms in total. The second-order valence-electron chi connectivity index (χ2n) is 6.12. The quantitative estimate of drug-likeness (QED) is 0.729. The lowest BCUT2D eigenvalue weighted by atomic mass is 10.0. The molecule has 2 aliphatic rings. The normalized spacial score (nSPS) is 23.5. The van der Waals surface area contributed by atoms with Crippen LogP contribution in [-0.2, 0) is 19.1 Å². The Balaban J connectivity index is 1.99. The van der Waals surface area contributed by atoms with Gasteiger partial charge < -0.3 is 9.47 Å². The molecule has 120 valence electrons. The largest absolute Gasteiger partial charge is 0.463 e. The van der Waals surface area contributed by atoms with E-state index in [4.69, 9.17) is 9.47 Å². The van der Waals surface area contributed by atoms with Crippen LogP contribution in [0.1, 0.15) is 58.8 Å². The van der Waals surface area contributed by atoms with E-state index in [2.05, 4.69) is 4.90 Å². The first kappa shape index (κ1) is 16.3. The van der Waals surface area contributed by atoms with Gasteiger partial charge in [0.1, 0.15) is 6.04 Å². The zero-order valence-corrected chi connectivity index (χ0v) is 13.2. The molecule has 0 aromatic carbocycles. The van der Waals surface area contributed by atoms with Gasteiger partial charge >= 0.3 is 11.9 Å². The van der Waals surface area contributed by atoms with Gasteiger partial charge in [0.15, 0.2) is 0 Å². The smallest absolute Gasteiger partial charge is 0.350 e. The van der Waals surface area contributed by atoms with Crippen molar-refractivity contribution < 1.29 is 19.1 Å². The molecule has 0 bridgehead atoms. The lowest BCUT2D eigenvalue weighted by molar-refractivity contribution is -0.185. The summed E-state index contributed by atoms with van der Waals surface area (Å²) in [6.45, 7) is 5.84. The fourth-order valence-electron chi connectivity index (χ4n) is 3.29. The molecule has 0 spiro atoms. The third-order valence-electron chi connectivity index (χ3n) is 4.63. The molecule has 5 heteroatoms. The second-order valence-corrected chi connectivity index (χ2v) is 6.12. The van der Waals surface area contributed by atoms with Crippen LogP contribution in [0.3, 0.4) is 0 Å². The van der Waals surface area contributed by atoms with Crippen molar-refractivity contribution in [1.29, 1.82) is 0 Å². The van der Waals surface area contributed by atoms with Gasteiger partial charge in [0.2, 0.25) is 5.60 Å². The lowest BCUT2D eigenvalue weighted by Gasteiger charge is -2.34. The molecule has 1 aliphatic carbocycles. The van der Waals surface area contributed by atoms with Crippen LogP contribution >= 0.6 is 0 Å². The summed E-state index contributed by atoms with van der Waals surface area (Å²) in [7, 11) is 0. The molecular formula is C16H27NO4. The summed E-state index contributed by atoms with van der Waals surface area (Å²) in [4.78, 5) is 26.8. The fraction of sp³-hybridized carbons (Fsp3) is 0.875. The molecule has 0 N–H and O–H groups in total. The van der Waals surface area contributed by atoms with Crippen molar-refractivity contribution in [2.24, 2.45) is 0 Å². The highest BCUT2D eigenvalue weighted by atomic mass is 16.6. The topological polar surface area (TPSA) is 55.8 Å². The van der Waals surface area contributed by atoms with Gasteiger partial charge in [-0.25, -0.2) is 4.79 Å². The molecule has 1 heterocycles. The summed E-state index contributed by atoms with van der Waals surface area (Å²) >= 11 is 0. The van der Waals surface area contributed by atoms with E-state index in [0.29, 0.717) is 19.4 Å². The van der Waals surface area contributed by atoms with Crippen LogP contribution in [0.2, 0.25) is 0 Å². The molecular weight excluding hydrogens is 270 g/mol. The van der Waals surface area contributed by atoms with Crippen molar-refractivity contribution in [1.82, 2.24) is 4.90 Å². The minimum absolute atomic E-state index is 0.280. The third-order valence-corrected chi connectivity index (χ3v) is 4.63. The molecule has 1 saturated heterocycles. The SMILES string of the molecule is CCOC(=O)C1(OC(=O)C(C)N2CCCCC2)CCCC1. The van der Waals surface area contributed by atoms with Gasteiger partial charge in [0.05, 0.1) is 6.61 Å². The maximum atomic E-state index is 12.4. The molecule has 1 atom stereocenters. The third kappa shape index (κ3) is 3.76. The first-order chi connectivity index (χ1) is 10.1. The predicted octanol–water partition coefficient (Wildman–Crippen LogP) is 2.28. The number of likely N-dealkylation sites (tertiary alicyclic amines) is 1. The minimum Gasteiger partial charge on any atom is -0.463 e. The van der Waals surface area contributed by atoms with Gasteiger partial charge in [-0.1, -0.05) is 6.42 Å². The number of rotatable bonds is 5. The van der Waals surface area contributed by atoms with E-state index in [1.807, 2.05) is 6.92 Å². The first-order valence-electron chi connectivity index (χ1n) is 8.23. The van der Waals surface area contributed by atoms with Crippen molar-refractivity contribution >= 4 is 11.9 Å². The Bertz CT molecular complexity index is 370. The Morgan fingerprint density at radius 2 is 1.71 bits per heavy atom. The van der Waals surface area contributed by atoms with Gasteiger partial charge in [-0.15, -0.1) is 0 Å². The zero-order chi connectivity index (χ0) is 15.3. The number of hydrogen-bond acceptors (Lipinski definition) is 5. The van der Waals surface area contributed by atoms with E-state index < -0.39 is 5.60 Å². The standard InChI is InChI=1S/C16H27NO4/c1-3-20-15(19)16(9-5-6-10-16)21-14(18)13(2)17-11-7-4-8-12-17/h13H,3-12H2,1-2H3. The van der Waals surface area contributed by atoms with Crippen molar-refractivity contribution in [2.75, 3.05) is 19.7 Å². The predicted molar refractivity (Wildman–Crippen MR) is 78.8 cm³/mol. The maximum absolute atomic E-state index is 12.4. The zero-order valence-electron chi connectivity index (χ0n) is 13.2. The van der Waals surface area contributed by atoms with E-state index in [-0.39, 0.29) is 18.0 Å². The number of esters is 2. The van der Waals surface area contributed by atoms with Crippen LogP contribution in [0, 0.1) is 0 Å². The van der Waals surface area contributed by atoms with Crippen molar-refractivity contribution in [3.05, 3.63) is 0 Å². The Kier molecular flexibility index (Phi) is 5.62. The van der Waals surface area contributed by atoms with Crippen LogP contribution in [0.4, 0.5) is 0 Å². The number of carbonyl (C=O) groups is 2. The molecule has 0 amide bonds. The average Bonchev–Trinajstić information content (AvgIpc) is 2.97. The summed E-state index contributed by atoms with van der Waals surface area (Å²) in [6, 6.07) is -0.280. The van der Waals surface area contributed by atoms with Crippen LogP contribution in [0.15, 0.2) is 0 Å². The van der Waals surface area contributed by atoms with Crippen LogP contribution < -0.4 is 0 Å². The fourth-order valence-corrected chi connectivity index (χ4v) is 3.29. The summed E-state index contributed by atoms with van der Waals surface area (Å²) in [5.74, 6) is -0.659. The molecule has 0 aromatic heterocycles. The Morgan fingerprint density at radius 1 is 1.10 bits per heavy atom. The van der Waals surface area contributed by atoms with E-state index in [9.17, 15) is 9.59 Å².